The summed E-state index contributed by atoms with van der Waals surface area (Å²) in [4.78, 5) is 21.2. The minimum absolute atomic E-state index is 0.320. The summed E-state index contributed by atoms with van der Waals surface area (Å²) in [6.45, 7) is 5.67. The van der Waals surface area contributed by atoms with Crippen LogP contribution in [0.3, 0.4) is 0 Å². The smallest absolute Gasteiger partial charge is 0.226 e. The maximum atomic E-state index is 11.9. The quantitative estimate of drug-likeness (QED) is 0.705. The Hall–Kier alpha value is -1.85. The molecule has 3 heterocycles. The highest BCUT2D eigenvalue weighted by Crippen LogP contribution is 2.27. The molecule has 1 aromatic heterocycles. The van der Waals surface area contributed by atoms with Gasteiger partial charge in [-0.15, -0.1) is 0 Å². The second-order valence-electron chi connectivity index (χ2n) is 7.93. The lowest BCUT2D eigenvalue weighted by molar-refractivity contribution is -0.127. The summed E-state index contributed by atoms with van der Waals surface area (Å²) >= 11 is 6.11. The van der Waals surface area contributed by atoms with Gasteiger partial charge in [-0.05, 0) is 57.4 Å². The molecule has 0 aliphatic carbocycles. The highest BCUT2D eigenvalue weighted by atomic mass is 35.5. The first-order valence-corrected chi connectivity index (χ1v) is 10.7. The van der Waals surface area contributed by atoms with E-state index in [1.165, 1.54) is 19.3 Å². The average Bonchev–Trinajstić information content (AvgIpc) is 3.27. The van der Waals surface area contributed by atoms with Crippen LogP contribution in [0.4, 0.5) is 0 Å². The highest BCUT2D eigenvalue weighted by molar-refractivity contribution is 6.30. The van der Waals surface area contributed by atoms with Crippen LogP contribution in [-0.4, -0.2) is 46.4 Å². The number of halogens is 1. The number of likely N-dealkylation sites (tertiary alicyclic amines) is 2. The number of oxazole rings is 1. The molecule has 4 rings (SSSR count). The molecule has 0 radical (unpaired) electrons. The molecule has 28 heavy (non-hydrogen) atoms. The van der Waals surface area contributed by atoms with Crippen molar-refractivity contribution in [2.24, 2.45) is 0 Å². The van der Waals surface area contributed by atoms with Crippen molar-refractivity contribution in [1.29, 1.82) is 0 Å². The number of benzene rings is 1. The lowest BCUT2D eigenvalue weighted by atomic mass is 9.98. The van der Waals surface area contributed by atoms with E-state index in [-0.39, 0.29) is 0 Å². The van der Waals surface area contributed by atoms with Gasteiger partial charge in [0.25, 0.3) is 0 Å². The molecule has 0 unspecified atom stereocenters. The number of carbonyl (C=O) groups excluding carboxylic acids is 1. The number of rotatable bonds is 6. The molecule has 2 aliphatic heterocycles. The number of aromatic nitrogens is 1. The summed E-state index contributed by atoms with van der Waals surface area (Å²) in [5, 5.41) is 0.683. The van der Waals surface area contributed by atoms with E-state index in [0.717, 1.165) is 62.5 Å². The third kappa shape index (κ3) is 4.41. The van der Waals surface area contributed by atoms with Crippen molar-refractivity contribution in [3.8, 4) is 11.5 Å². The molecule has 2 saturated heterocycles. The standard InChI is InChI=1S/C22H28ClN3O2/c1-16-20(24-22(28-16)17-6-4-7-18(23)14-17)15-26-11-3-2-8-19(26)10-13-25-12-5-9-21(25)27/h4,6-7,14,19H,2-3,5,8-13,15H2,1H3/t19-/m0/s1. The minimum atomic E-state index is 0.320. The number of nitrogens with zero attached hydrogens (tertiary/aromatic N) is 3. The molecule has 2 aromatic rings. The predicted octanol–water partition coefficient (Wildman–Crippen LogP) is 4.67. The Kier molecular flexibility index (Phi) is 6.02. The molecule has 1 amide bonds. The Morgan fingerprint density at radius 1 is 1.25 bits per heavy atom. The molecule has 2 fully saturated rings. The molecule has 0 saturated carbocycles. The van der Waals surface area contributed by atoms with Crippen molar-refractivity contribution in [2.45, 2.75) is 58.0 Å². The Balaban J connectivity index is 1.43. The summed E-state index contributed by atoms with van der Waals surface area (Å²) in [6.07, 6.45) is 6.46. The van der Waals surface area contributed by atoms with Gasteiger partial charge in [0.1, 0.15) is 5.76 Å². The third-order valence-corrected chi connectivity index (χ3v) is 6.20. The highest BCUT2D eigenvalue weighted by Gasteiger charge is 2.27. The first-order valence-electron chi connectivity index (χ1n) is 10.3. The van der Waals surface area contributed by atoms with Crippen LogP contribution in [0.2, 0.25) is 5.02 Å². The van der Waals surface area contributed by atoms with Gasteiger partial charge in [-0.1, -0.05) is 24.1 Å². The summed E-state index contributed by atoms with van der Waals surface area (Å²) in [7, 11) is 0. The van der Waals surface area contributed by atoms with Crippen LogP contribution < -0.4 is 0 Å². The maximum Gasteiger partial charge on any atom is 0.226 e. The first kappa shape index (κ1) is 19.5. The molecule has 1 aromatic carbocycles. The number of hydrogen-bond donors (Lipinski definition) is 0. The largest absolute Gasteiger partial charge is 0.441 e. The molecule has 6 heteroatoms. The van der Waals surface area contributed by atoms with E-state index in [9.17, 15) is 4.79 Å². The van der Waals surface area contributed by atoms with Gasteiger partial charge in [-0.3, -0.25) is 9.69 Å². The predicted molar refractivity (Wildman–Crippen MR) is 110 cm³/mol. The topological polar surface area (TPSA) is 49.6 Å². The second-order valence-corrected chi connectivity index (χ2v) is 8.36. The van der Waals surface area contributed by atoms with Crippen LogP contribution in [0.15, 0.2) is 28.7 Å². The van der Waals surface area contributed by atoms with Crippen molar-refractivity contribution < 1.29 is 9.21 Å². The molecule has 0 spiro atoms. The molecule has 1 atom stereocenters. The zero-order valence-electron chi connectivity index (χ0n) is 16.5. The van der Waals surface area contributed by atoms with Gasteiger partial charge in [0.15, 0.2) is 0 Å². The van der Waals surface area contributed by atoms with Crippen molar-refractivity contribution in [1.82, 2.24) is 14.8 Å². The zero-order valence-corrected chi connectivity index (χ0v) is 17.2. The first-order chi connectivity index (χ1) is 13.6. The number of carbonyl (C=O) groups is 1. The lowest BCUT2D eigenvalue weighted by Gasteiger charge is -2.36. The third-order valence-electron chi connectivity index (χ3n) is 5.97. The van der Waals surface area contributed by atoms with Gasteiger partial charge in [-0.2, -0.15) is 0 Å². The van der Waals surface area contributed by atoms with Crippen LogP contribution in [-0.2, 0) is 11.3 Å². The normalized spacial score (nSPS) is 20.9. The summed E-state index contributed by atoms with van der Waals surface area (Å²) in [5.74, 6) is 1.82. The van der Waals surface area contributed by atoms with Gasteiger partial charge in [0.2, 0.25) is 11.8 Å². The monoisotopic (exact) mass is 401 g/mol. The van der Waals surface area contributed by atoms with Crippen molar-refractivity contribution >= 4 is 17.5 Å². The van der Waals surface area contributed by atoms with E-state index in [4.69, 9.17) is 21.0 Å². The average molecular weight is 402 g/mol. The van der Waals surface area contributed by atoms with Gasteiger partial charge >= 0.3 is 0 Å². The fraction of sp³-hybridized carbons (Fsp3) is 0.545. The number of piperidine rings is 1. The number of hydrogen-bond acceptors (Lipinski definition) is 4. The Morgan fingerprint density at radius 3 is 2.93 bits per heavy atom. The zero-order chi connectivity index (χ0) is 19.5. The molecule has 0 bridgehead atoms. The van der Waals surface area contributed by atoms with Crippen LogP contribution >= 0.6 is 11.6 Å². The molecular weight excluding hydrogens is 374 g/mol. The molecule has 0 N–H and O–H groups in total. The van der Waals surface area contributed by atoms with Crippen molar-refractivity contribution in [3.05, 3.63) is 40.7 Å². The lowest BCUT2D eigenvalue weighted by Crippen LogP contribution is -2.41. The summed E-state index contributed by atoms with van der Waals surface area (Å²) < 4.78 is 5.94. The number of aryl methyl sites for hydroxylation is 1. The van der Waals surface area contributed by atoms with Crippen molar-refractivity contribution in [2.75, 3.05) is 19.6 Å². The molecular formula is C22H28ClN3O2. The van der Waals surface area contributed by atoms with E-state index in [1.54, 1.807) is 0 Å². The summed E-state index contributed by atoms with van der Waals surface area (Å²) in [5.41, 5.74) is 1.91. The summed E-state index contributed by atoms with van der Waals surface area (Å²) in [6, 6.07) is 8.13. The fourth-order valence-electron chi connectivity index (χ4n) is 4.35. The van der Waals surface area contributed by atoms with Gasteiger partial charge in [0.05, 0.1) is 5.69 Å². The van der Waals surface area contributed by atoms with E-state index >= 15 is 0 Å². The van der Waals surface area contributed by atoms with Crippen LogP contribution in [0.5, 0.6) is 0 Å². The van der Waals surface area contributed by atoms with Gasteiger partial charge in [-0.25, -0.2) is 4.98 Å². The maximum absolute atomic E-state index is 11.9. The van der Waals surface area contributed by atoms with Crippen LogP contribution in [0.1, 0.15) is 50.0 Å². The van der Waals surface area contributed by atoms with Crippen LogP contribution in [0, 0.1) is 6.92 Å². The Labute approximate surface area is 171 Å². The van der Waals surface area contributed by atoms with Gasteiger partial charge < -0.3 is 9.32 Å². The fourth-order valence-corrected chi connectivity index (χ4v) is 4.54. The Bertz CT molecular complexity index is 835. The molecule has 150 valence electrons. The number of amides is 1. The molecule has 2 aliphatic rings. The van der Waals surface area contributed by atoms with E-state index in [2.05, 4.69) is 4.90 Å². The van der Waals surface area contributed by atoms with E-state index in [0.29, 0.717) is 22.9 Å². The van der Waals surface area contributed by atoms with E-state index < -0.39 is 0 Å². The van der Waals surface area contributed by atoms with Gasteiger partial charge in [0, 0.05) is 42.7 Å². The van der Waals surface area contributed by atoms with Crippen molar-refractivity contribution in [3.63, 3.8) is 0 Å². The molecule has 5 nitrogen and oxygen atoms in total. The SMILES string of the molecule is Cc1oc(-c2cccc(Cl)c2)nc1CN1CCCC[C@H]1CCN1CCCC1=O. The van der Waals surface area contributed by atoms with Crippen LogP contribution in [0.25, 0.3) is 11.5 Å². The Morgan fingerprint density at radius 2 is 2.14 bits per heavy atom. The second kappa shape index (κ2) is 8.66. The minimum Gasteiger partial charge on any atom is -0.441 e. The van der Waals surface area contributed by atoms with E-state index in [1.807, 2.05) is 36.1 Å².